The first-order chi connectivity index (χ1) is 2.27. The van der Waals surface area contributed by atoms with Crippen LogP contribution in [0.25, 0.3) is 0 Å². The minimum absolute atomic E-state index is 0.222. The van der Waals surface area contributed by atoms with E-state index in [9.17, 15) is 4.79 Å². The Morgan fingerprint density at radius 2 is 2.20 bits per heavy atom. The Morgan fingerprint density at radius 1 is 2.00 bits per heavy atom. The third-order valence-electron chi connectivity index (χ3n) is 0.302. The molecule has 0 fully saturated rings. The van der Waals surface area contributed by atoms with Gasteiger partial charge in [-0.1, -0.05) is 0 Å². The Hall–Kier alpha value is -0.400. The van der Waals surface area contributed by atoms with E-state index in [0.29, 0.717) is 0 Å². The highest BCUT2D eigenvalue weighted by Gasteiger charge is 1.85. The van der Waals surface area contributed by atoms with Gasteiger partial charge in [-0.05, 0) is 0 Å². The van der Waals surface area contributed by atoms with Gasteiger partial charge in [-0.15, -0.1) is 0 Å². The standard InChI is InChI=1S/CH4B2O2/c2-3-1(4)5/h3H,2H2,(H,4,5). The van der Waals surface area contributed by atoms with Crippen molar-refractivity contribution in [2.75, 3.05) is 0 Å². The van der Waals surface area contributed by atoms with E-state index in [1.54, 1.807) is 7.74 Å². The molecule has 0 aliphatic carbocycles. The lowest BCUT2D eigenvalue weighted by atomic mass is 9.56. The van der Waals surface area contributed by atoms with E-state index < -0.39 is 5.87 Å². The topological polar surface area (TPSA) is 37.3 Å². The van der Waals surface area contributed by atoms with Crippen LogP contribution >= 0.6 is 0 Å². The van der Waals surface area contributed by atoms with Crippen LogP contribution in [0.4, 0.5) is 4.79 Å². The van der Waals surface area contributed by atoms with Gasteiger partial charge in [0.25, 0.3) is 0 Å². The molecule has 0 aliphatic heterocycles. The van der Waals surface area contributed by atoms with E-state index in [1.807, 2.05) is 0 Å². The van der Waals surface area contributed by atoms with Crippen LogP contribution in [0.3, 0.4) is 0 Å². The van der Waals surface area contributed by atoms with Crippen LogP contribution in [0.5, 0.6) is 0 Å². The average molecular weight is 69.7 g/mol. The van der Waals surface area contributed by atoms with E-state index in [-0.39, 0.29) is 7.17 Å². The number of carboxylic acid groups (broad SMARTS) is 1. The Balaban J connectivity index is 2.85. The molecule has 0 aromatic carbocycles. The third kappa shape index (κ3) is 3.60. The zero-order chi connectivity index (χ0) is 4.28. The van der Waals surface area contributed by atoms with Gasteiger partial charge < -0.3 is 5.11 Å². The predicted octanol–water partition coefficient (Wildman–Crippen LogP) is -1.35. The smallest absolute Gasteiger partial charge is 0.235 e. The van der Waals surface area contributed by atoms with E-state index in [2.05, 4.69) is 0 Å². The van der Waals surface area contributed by atoms with E-state index in [4.69, 9.17) is 5.11 Å². The van der Waals surface area contributed by atoms with Crippen molar-refractivity contribution in [3.63, 3.8) is 0 Å². The molecule has 0 amide bonds. The van der Waals surface area contributed by atoms with Crippen molar-refractivity contribution in [2.24, 2.45) is 0 Å². The van der Waals surface area contributed by atoms with E-state index in [0.717, 1.165) is 0 Å². The molecular weight excluding hydrogens is 65.6 g/mol. The van der Waals surface area contributed by atoms with Crippen LogP contribution in [0.15, 0.2) is 0 Å². The fourth-order valence-corrected chi connectivity index (χ4v) is 0. The van der Waals surface area contributed by atoms with Crippen molar-refractivity contribution >= 4 is 20.8 Å². The lowest BCUT2D eigenvalue weighted by Gasteiger charge is -1.69. The molecule has 0 saturated carbocycles. The van der Waals surface area contributed by atoms with Crippen molar-refractivity contribution in [1.82, 2.24) is 0 Å². The zero-order valence-electron chi connectivity index (χ0n) is 3.06. The maximum absolute atomic E-state index is 9.37. The van der Waals surface area contributed by atoms with Gasteiger partial charge in [0.15, 0.2) is 0 Å². The lowest BCUT2D eigenvalue weighted by Crippen LogP contribution is -2.02. The first kappa shape index (κ1) is 4.60. The summed E-state index contributed by atoms with van der Waals surface area (Å²) in [5.41, 5.74) is 0. The molecule has 0 radical (unpaired) electrons. The maximum Gasteiger partial charge on any atom is 0.235 e. The maximum atomic E-state index is 9.37. The second kappa shape index (κ2) is 1.88. The normalized spacial score (nSPS) is 6.40. The Kier molecular flexibility index (Phi) is 1.73. The van der Waals surface area contributed by atoms with E-state index >= 15 is 0 Å². The van der Waals surface area contributed by atoms with Crippen LogP contribution in [-0.4, -0.2) is 25.9 Å². The summed E-state index contributed by atoms with van der Waals surface area (Å²) >= 11 is 0. The van der Waals surface area contributed by atoms with Gasteiger partial charge in [0.1, 0.15) is 0 Å². The van der Waals surface area contributed by atoms with Crippen LogP contribution in [-0.2, 0) is 0 Å². The average Bonchev–Trinajstić information content (AvgIpc) is 1.38. The molecule has 0 rings (SSSR count). The van der Waals surface area contributed by atoms with Crippen LogP contribution in [0, 0.1) is 0 Å². The summed E-state index contributed by atoms with van der Waals surface area (Å²) in [7, 11) is 1.82. The van der Waals surface area contributed by atoms with Crippen LogP contribution in [0.2, 0.25) is 0 Å². The first-order valence-corrected chi connectivity index (χ1v) is 1.49. The van der Waals surface area contributed by atoms with E-state index in [1.165, 1.54) is 0 Å². The minimum Gasteiger partial charge on any atom is -0.490 e. The Morgan fingerprint density at radius 3 is 2.20 bits per heavy atom. The van der Waals surface area contributed by atoms with Crippen LogP contribution in [0.1, 0.15) is 0 Å². The summed E-state index contributed by atoms with van der Waals surface area (Å²) < 4.78 is 0. The first-order valence-electron chi connectivity index (χ1n) is 1.49. The van der Waals surface area contributed by atoms with Gasteiger partial charge in [0.2, 0.25) is 13.0 Å². The molecule has 0 atom stereocenters. The highest BCUT2D eigenvalue weighted by molar-refractivity contribution is 7.07. The zero-order valence-corrected chi connectivity index (χ0v) is 3.06. The molecule has 2 nitrogen and oxygen atoms in total. The molecule has 0 saturated heterocycles. The molecular formula is CH4B2O2. The Bertz CT molecular complexity index is 42.9. The summed E-state index contributed by atoms with van der Waals surface area (Å²) in [6, 6.07) is 0. The quantitative estimate of drug-likeness (QED) is 0.387. The fourth-order valence-electron chi connectivity index (χ4n) is 0. The minimum atomic E-state index is -0.745. The lowest BCUT2D eigenvalue weighted by molar-refractivity contribution is 0.220. The van der Waals surface area contributed by atoms with Gasteiger partial charge in [-0.25, -0.2) is 0 Å². The summed E-state index contributed by atoms with van der Waals surface area (Å²) in [4.78, 5) is 9.37. The summed E-state index contributed by atoms with van der Waals surface area (Å²) in [5.74, 6) is -0.745. The number of hydrogen-bond acceptors (Lipinski definition) is 1. The molecule has 0 unspecified atom stereocenters. The van der Waals surface area contributed by atoms with Crippen molar-refractivity contribution in [3.8, 4) is 0 Å². The molecule has 5 heavy (non-hydrogen) atoms. The molecule has 4 heteroatoms. The number of carbonyl (C=O) groups is 1. The largest absolute Gasteiger partial charge is 0.490 e. The monoisotopic (exact) mass is 70.0 g/mol. The van der Waals surface area contributed by atoms with Gasteiger partial charge in [-0.2, -0.15) is 0 Å². The van der Waals surface area contributed by atoms with Crippen molar-refractivity contribution in [3.05, 3.63) is 0 Å². The second-order valence-corrected chi connectivity index (χ2v) is 0.747. The van der Waals surface area contributed by atoms with Gasteiger partial charge >= 0.3 is 0 Å². The molecule has 26 valence electrons. The van der Waals surface area contributed by atoms with Gasteiger partial charge in [0.05, 0.1) is 7.74 Å². The summed E-state index contributed by atoms with van der Waals surface area (Å²) in [6.45, 7) is 0. The molecule has 0 aromatic heterocycles. The fraction of sp³-hybridized carbons (Fsp3) is 0. The SMILES string of the molecule is BBC(=O)O. The number of hydrogen-bond donors (Lipinski definition) is 1. The Labute approximate surface area is 31.8 Å². The molecule has 0 aromatic rings. The summed E-state index contributed by atoms with van der Waals surface area (Å²) in [6.07, 6.45) is 0. The molecule has 0 heterocycles. The molecule has 0 spiro atoms. The predicted molar refractivity (Wildman–Crippen MR) is 23.7 cm³/mol. The van der Waals surface area contributed by atoms with Crippen molar-refractivity contribution in [1.29, 1.82) is 0 Å². The van der Waals surface area contributed by atoms with Crippen molar-refractivity contribution in [2.45, 2.75) is 0 Å². The highest BCUT2D eigenvalue weighted by Crippen LogP contribution is 1.51. The van der Waals surface area contributed by atoms with Gasteiger partial charge in [-0.3, -0.25) is 4.79 Å². The molecule has 0 aliphatic rings. The molecule has 1 N–H and O–H groups in total. The number of rotatable bonds is 1. The summed E-state index contributed by atoms with van der Waals surface area (Å²) in [5, 5.41) is 7.72. The highest BCUT2D eigenvalue weighted by atomic mass is 16.4. The van der Waals surface area contributed by atoms with Gasteiger partial charge in [0, 0.05) is 0 Å². The third-order valence-corrected chi connectivity index (χ3v) is 0.302. The van der Waals surface area contributed by atoms with Crippen LogP contribution < -0.4 is 0 Å². The van der Waals surface area contributed by atoms with Crippen molar-refractivity contribution < 1.29 is 9.90 Å². The molecule has 0 bridgehead atoms. The second-order valence-electron chi connectivity index (χ2n) is 0.747.